The summed E-state index contributed by atoms with van der Waals surface area (Å²) in [5.41, 5.74) is 1.65. The summed E-state index contributed by atoms with van der Waals surface area (Å²) in [6.07, 6.45) is 0.0559. The maximum absolute atomic E-state index is 13.5. The monoisotopic (exact) mass is 358 g/mol. The summed E-state index contributed by atoms with van der Waals surface area (Å²) in [4.78, 5) is 23.9. The van der Waals surface area contributed by atoms with Crippen molar-refractivity contribution in [3.63, 3.8) is 0 Å². The standard InChI is InChI=1S/C20H23FN2O3/c1-13(2)26-17-8-6-16(7-9-17)20(25)23-12-19(24)22-11-15-5-4-14(3)18(21)10-15/h4-10,13H,11-12H2,1-3H3,(H,22,24)(H,23,25). The van der Waals surface area contributed by atoms with Crippen molar-refractivity contribution in [3.8, 4) is 5.75 Å². The zero-order valence-electron chi connectivity index (χ0n) is 15.1. The number of benzene rings is 2. The average molecular weight is 358 g/mol. The number of amides is 2. The molecule has 0 spiro atoms. The van der Waals surface area contributed by atoms with Gasteiger partial charge in [0.05, 0.1) is 12.6 Å². The molecule has 0 heterocycles. The predicted octanol–water partition coefficient (Wildman–Crippen LogP) is 2.97. The normalized spacial score (nSPS) is 10.5. The fraction of sp³-hybridized carbons (Fsp3) is 0.300. The number of rotatable bonds is 7. The van der Waals surface area contributed by atoms with E-state index in [1.807, 2.05) is 13.8 Å². The molecule has 5 nitrogen and oxygen atoms in total. The first-order chi connectivity index (χ1) is 12.3. The van der Waals surface area contributed by atoms with Crippen LogP contribution in [0.1, 0.15) is 35.3 Å². The maximum atomic E-state index is 13.5. The molecular formula is C20H23FN2O3. The van der Waals surface area contributed by atoms with Gasteiger partial charge in [-0.25, -0.2) is 4.39 Å². The summed E-state index contributed by atoms with van der Waals surface area (Å²) in [5.74, 6) is -0.328. The predicted molar refractivity (Wildman–Crippen MR) is 97.5 cm³/mol. The summed E-state index contributed by atoms with van der Waals surface area (Å²) in [6, 6.07) is 11.5. The van der Waals surface area contributed by atoms with E-state index in [1.165, 1.54) is 6.07 Å². The van der Waals surface area contributed by atoms with E-state index in [2.05, 4.69) is 10.6 Å². The van der Waals surface area contributed by atoms with Crippen molar-refractivity contribution in [2.45, 2.75) is 33.4 Å². The largest absolute Gasteiger partial charge is 0.491 e. The van der Waals surface area contributed by atoms with Gasteiger partial charge < -0.3 is 15.4 Å². The lowest BCUT2D eigenvalue weighted by molar-refractivity contribution is -0.120. The maximum Gasteiger partial charge on any atom is 0.251 e. The molecule has 0 aliphatic heterocycles. The van der Waals surface area contributed by atoms with E-state index in [4.69, 9.17) is 4.74 Å². The van der Waals surface area contributed by atoms with Crippen LogP contribution >= 0.6 is 0 Å². The van der Waals surface area contributed by atoms with Gasteiger partial charge in [-0.1, -0.05) is 12.1 Å². The van der Waals surface area contributed by atoms with E-state index in [9.17, 15) is 14.0 Å². The Morgan fingerprint density at radius 1 is 1.08 bits per heavy atom. The number of ether oxygens (including phenoxy) is 1. The molecule has 2 aromatic carbocycles. The Balaban J connectivity index is 1.79. The number of aryl methyl sites for hydroxylation is 1. The molecule has 2 amide bonds. The van der Waals surface area contributed by atoms with Crippen molar-refractivity contribution in [2.24, 2.45) is 0 Å². The van der Waals surface area contributed by atoms with Gasteiger partial charge in [0.1, 0.15) is 11.6 Å². The van der Waals surface area contributed by atoms with Crippen LogP contribution in [0, 0.1) is 12.7 Å². The molecule has 0 bridgehead atoms. The van der Waals surface area contributed by atoms with Crippen molar-refractivity contribution in [1.29, 1.82) is 0 Å². The van der Waals surface area contributed by atoms with Crippen LogP contribution in [0.4, 0.5) is 4.39 Å². The van der Waals surface area contributed by atoms with Crippen molar-refractivity contribution in [1.82, 2.24) is 10.6 Å². The topological polar surface area (TPSA) is 67.4 Å². The van der Waals surface area contributed by atoms with Gasteiger partial charge in [-0.2, -0.15) is 0 Å². The zero-order chi connectivity index (χ0) is 19.1. The third-order valence-electron chi connectivity index (χ3n) is 3.62. The van der Waals surface area contributed by atoms with Crippen LogP contribution in [0.15, 0.2) is 42.5 Å². The summed E-state index contributed by atoms with van der Waals surface area (Å²) in [5, 5.41) is 5.19. The summed E-state index contributed by atoms with van der Waals surface area (Å²) in [6.45, 7) is 5.56. The van der Waals surface area contributed by atoms with E-state index in [0.29, 0.717) is 22.4 Å². The highest BCUT2D eigenvalue weighted by Crippen LogP contribution is 2.13. The quantitative estimate of drug-likeness (QED) is 0.800. The van der Waals surface area contributed by atoms with Gasteiger partial charge in [0, 0.05) is 12.1 Å². The average Bonchev–Trinajstić information content (AvgIpc) is 2.60. The van der Waals surface area contributed by atoms with Crippen LogP contribution in [0.2, 0.25) is 0 Å². The lowest BCUT2D eigenvalue weighted by Crippen LogP contribution is -2.36. The second-order valence-electron chi connectivity index (χ2n) is 6.23. The van der Waals surface area contributed by atoms with Crippen LogP contribution in [0.3, 0.4) is 0 Å². The second kappa shape index (κ2) is 8.99. The molecule has 0 atom stereocenters. The molecule has 0 radical (unpaired) electrons. The molecule has 0 unspecified atom stereocenters. The molecule has 6 heteroatoms. The van der Waals surface area contributed by atoms with Crippen molar-refractivity contribution in [2.75, 3.05) is 6.54 Å². The minimum Gasteiger partial charge on any atom is -0.491 e. The van der Waals surface area contributed by atoms with Gasteiger partial charge in [-0.15, -0.1) is 0 Å². The van der Waals surface area contributed by atoms with Crippen LogP contribution in [-0.4, -0.2) is 24.5 Å². The summed E-state index contributed by atoms with van der Waals surface area (Å²) in [7, 11) is 0. The fourth-order valence-corrected chi connectivity index (χ4v) is 2.23. The Hall–Kier alpha value is -2.89. The summed E-state index contributed by atoms with van der Waals surface area (Å²) >= 11 is 0. The van der Waals surface area contributed by atoms with Crippen molar-refractivity contribution in [3.05, 3.63) is 65.0 Å². The third-order valence-corrected chi connectivity index (χ3v) is 3.62. The SMILES string of the molecule is Cc1ccc(CNC(=O)CNC(=O)c2ccc(OC(C)C)cc2)cc1F. The zero-order valence-corrected chi connectivity index (χ0v) is 15.1. The van der Waals surface area contributed by atoms with Crippen molar-refractivity contribution >= 4 is 11.8 Å². The van der Waals surface area contributed by atoms with Crippen LogP contribution < -0.4 is 15.4 Å². The second-order valence-corrected chi connectivity index (χ2v) is 6.23. The van der Waals surface area contributed by atoms with Gasteiger partial charge in [-0.05, 0) is 62.2 Å². The first kappa shape index (κ1) is 19.4. The van der Waals surface area contributed by atoms with Gasteiger partial charge in [-0.3, -0.25) is 9.59 Å². The van der Waals surface area contributed by atoms with Crippen LogP contribution in [-0.2, 0) is 11.3 Å². The highest BCUT2D eigenvalue weighted by Gasteiger charge is 2.09. The molecule has 138 valence electrons. The van der Waals surface area contributed by atoms with E-state index in [0.717, 1.165) is 0 Å². The minimum absolute atomic E-state index is 0.0559. The molecule has 0 aliphatic carbocycles. The Morgan fingerprint density at radius 3 is 2.38 bits per heavy atom. The first-order valence-corrected chi connectivity index (χ1v) is 8.42. The molecule has 26 heavy (non-hydrogen) atoms. The number of carbonyl (C=O) groups excluding carboxylic acids is 2. The highest BCUT2D eigenvalue weighted by atomic mass is 19.1. The Morgan fingerprint density at radius 2 is 1.77 bits per heavy atom. The molecule has 0 aliphatic rings. The van der Waals surface area contributed by atoms with Gasteiger partial charge in [0.15, 0.2) is 0 Å². The highest BCUT2D eigenvalue weighted by molar-refractivity contribution is 5.96. The Kier molecular flexibility index (Phi) is 6.72. The lowest BCUT2D eigenvalue weighted by atomic mass is 10.1. The van der Waals surface area contributed by atoms with Crippen LogP contribution in [0.25, 0.3) is 0 Å². The minimum atomic E-state index is -0.349. The number of hydrogen-bond acceptors (Lipinski definition) is 3. The molecule has 2 rings (SSSR count). The number of carbonyl (C=O) groups is 2. The lowest BCUT2D eigenvalue weighted by Gasteiger charge is -2.10. The van der Waals surface area contributed by atoms with Gasteiger partial charge in [0.25, 0.3) is 5.91 Å². The van der Waals surface area contributed by atoms with E-state index < -0.39 is 0 Å². The molecule has 0 saturated carbocycles. The van der Waals surface area contributed by atoms with Crippen LogP contribution in [0.5, 0.6) is 5.75 Å². The van der Waals surface area contributed by atoms with E-state index in [-0.39, 0.29) is 36.8 Å². The smallest absolute Gasteiger partial charge is 0.251 e. The third kappa shape index (κ3) is 5.88. The van der Waals surface area contributed by atoms with Gasteiger partial charge >= 0.3 is 0 Å². The number of nitrogens with one attached hydrogen (secondary N) is 2. The molecule has 0 aromatic heterocycles. The Bertz CT molecular complexity index is 773. The molecule has 2 aromatic rings. The molecule has 0 fully saturated rings. The summed E-state index contributed by atoms with van der Waals surface area (Å²) < 4.78 is 19.0. The molecular weight excluding hydrogens is 335 g/mol. The fourth-order valence-electron chi connectivity index (χ4n) is 2.23. The molecule has 2 N–H and O–H groups in total. The van der Waals surface area contributed by atoms with E-state index in [1.54, 1.807) is 43.3 Å². The number of hydrogen-bond donors (Lipinski definition) is 2. The van der Waals surface area contributed by atoms with E-state index >= 15 is 0 Å². The number of halogens is 1. The first-order valence-electron chi connectivity index (χ1n) is 8.42. The van der Waals surface area contributed by atoms with Gasteiger partial charge in [0.2, 0.25) is 5.91 Å². The Labute approximate surface area is 152 Å². The van der Waals surface area contributed by atoms with Crippen molar-refractivity contribution < 1.29 is 18.7 Å². The molecule has 0 saturated heterocycles.